The topological polar surface area (TPSA) is 105 Å². The molecule has 0 bridgehead atoms. The molecule has 1 saturated carbocycles. The number of aromatic nitrogens is 3. The molecule has 6 rings (SSSR count). The van der Waals surface area contributed by atoms with Crippen LogP contribution in [0.25, 0.3) is 10.9 Å². The highest BCUT2D eigenvalue weighted by atomic mass is 35.5. The molecule has 266 valence electrons. The van der Waals surface area contributed by atoms with Crippen molar-refractivity contribution < 1.29 is 37.1 Å². The largest absolute Gasteiger partial charge is 0.489 e. The van der Waals surface area contributed by atoms with Crippen LogP contribution in [-0.4, -0.2) is 66.1 Å². The Morgan fingerprint density at radius 1 is 1.00 bits per heavy atom. The molecular weight excluding hydrogens is 697 g/mol. The molecular formula is C35H37Cl2F2N4O7+. The third kappa shape index (κ3) is 8.63. The van der Waals surface area contributed by atoms with Crippen molar-refractivity contribution in [3.05, 3.63) is 96.9 Å². The minimum atomic E-state index is -3.08. The van der Waals surface area contributed by atoms with Crippen molar-refractivity contribution in [3.63, 3.8) is 0 Å². The molecule has 1 saturated heterocycles. The van der Waals surface area contributed by atoms with Crippen LogP contribution >= 0.6 is 23.2 Å². The van der Waals surface area contributed by atoms with Crippen molar-refractivity contribution in [2.24, 2.45) is 13.0 Å². The van der Waals surface area contributed by atoms with E-state index in [-0.39, 0.29) is 35.4 Å². The van der Waals surface area contributed by atoms with Crippen LogP contribution in [0.2, 0.25) is 10.0 Å². The highest BCUT2D eigenvalue weighted by Gasteiger charge is 2.27. The summed E-state index contributed by atoms with van der Waals surface area (Å²) in [7, 11) is 1.76. The van der Waals surface area contributed by atoms with E-state index in [1.165, 1.54) is 22.8 Å². The van der Waals surface area contributed by atoms with Crippen molar-refractivity contribution in [1.29, 1.82) is 0 Å². The average molecular weight is 735 g/mol. The van der Waals surface area contributed by atoms with E-state index in [1.807, 2.05) is 0 Å². The lowest BCUT2D eigenvalue weighted by Gasteiger charge is -2.26. The number of alkyl halides is 2. The fraction of sp³-hybridized carbons (Fsp3) is 0.429. The number of carbonyl (C=O) groups is 1. The zero-order chi connectivity index (χ0) is 35.4. The molecule has 0 spiro atoms. The van der Waals surface area contributed by atoms with Gasteiger partial charge in [0.15, 0.2) is 23.9 Å². The van der Waals surface area contributed by atoms with Crippen LogP contribution in [-0.2, 0) is 40.8 Å². The molecule has 0 radical (unpaired) electrons. The van der Waals surface area contributed by atoms with Gasteiger partial charge >= 0.3 is 18.3 Å². The quantitative estimate of drug-likeness (QED) is 0.138. The SMILES string of the molecule is C[n+]1cc(Cl)c(C[C@H](OC(=O)Cn2c(=O)n(CCN3CCOCC3)c(=O)c3ccccc32)c2ccc(OC(F)F)c(OCC3CC3)c2)c(Cl)c1. The van der Waals surface area contributed by atoms with Crippen molar-refractivity contribution in [2.75, 3.05) is 39.5 Å². The smallest absolute Gasteiger partial charge is 0.387 e. The fourth-order valence-electron chi connectivity index (χ4n) is 5.91. The Hall–Kier alpha value is -4.04. The van der Waals surface area contributed by atoms with Gasteiger partial charge in [-0.2, -0.15) is 8.78 Å². The summed E-state index contributed by atoms with van der Waals surface area (Å²) in [6.45, 7) is -0.203. The van der Waals surface area contributed by atoms with Crippen LogP contribution in [0.3, 0.4) is 0 Å². The third-order valence-corrected chi connectivity index (χ3v) is 9.42. The first-order valence-electron chi connectivity index (χ1n) is 16.3. The van der Waals surface area contributed by atoms with E-state index >= 15 is 0 Å². The van der Waals surface area contributed by atoms with E-state index in [1.54, 1.807) is 48.3 Å². The number of morpholine rings is 1. The summed E-state index contributed by atoms with van der Waals surface area (Å²) in [5.74, 6) is -0.557. The van der Waals surface area contributed by atoms with Gasteiger partial charge in [-0.15, -0.1) is 0 Å². The molecule has 11 nitrogen and oxygen atoms in total. The number of hydrogen-bond acceptors (Lipinski definition) is 8. The summed E-state index contributed by atoms with van der Waals surface area (Å²) >= 11 is 13.2. The van der Waals surface area contributed by atoms with Gasteiger partial charge in [0.2, 0.25) is 0 Å². The second-order valence-corrected chi connectivity index (χ2v) is 13.2. The number of para-hydroxylation sites is 1. The van der Waals surface area contributed by atoms with Gasteiger partial charge in [0.1, 0.15) is 29.7 Å². The second kappa shape index (κ2) is 15.9. The first kappa shape index (κ1) is 35.8. The van der Waals surface area contributed by atoms with Crippen molar-refractivity contribution in [1.82, 2.24) is 14.0 Å². The molecule has 2 fully saturated rings. The number of pyridine rings is 1. The van der Waals surface area contributed by atoms with Crippen LogP contribution in [0.1, 0.15) is 30.1 Å². The number of halogens is 4. The fourth-order valence-corrected chi connectivity index (χ4v) is 6.62. The van der Waals surface area contributed by atoms with E-state index in [0.29, 0.717) is 66.5 Å². The maximum absolute atomic E-state index is 13.8. The summed E-state index contributed by atoms with van der Waals surface area (Å²) in [6, 6.07) is 10.9. The molecule has 2 aromatic heterocycles. The molecule has 15 heteroatoms. The predicted octanol–water partition coefficient (Wildman–Crippen LogP) is 4.54. The summed E-state index contributed by atoms with van der Waals surface area (Å²) in [4.78, 5) is 43.2. The summed E-state index contributed by atoms with van der Waals surface area (Å²) in [6.07, 6.45) is 4.22. The van der Waals surface area contributed by atoms with Crippen LogP contribution < -0.4 is 25.3 Å². The number of esters is 1. The Bertz CT molecular complexity index is 1960. The molecule has 2 aromatic carbocycles. The average Bonchev–Trinajstić information content (AvgIpc) is 3.92. The number of carbonyl (C=O) groups excluding carboxylic acids is 1. The second-order valence-electron chi connectivity index (χ2n) is 12.4. The zero-order valence-corrected chi connectivity index (χ0v) is 28.9. The molecule has 0 unspecified atom stereocenters. The van der Waals surface area contributed by atoms with Gasteiger partial charge in [-0.25, -0.2) is 9.36 Å². The monoisotopic (exact) mass is 733 g/mol. The van der Waals surface area contributed by atoms with Crippen LogP contribution in [0.15, 0.2) is 64.4 Å². The number of rotatable bonds is 14. The minimum absolute atomic E-state index is 0.00998. The lowest BCUT2D eigenvalue weighted by molar-refractivity contribution is -0.671. The Labute approximate surface area is 296 Å². The molecule has 0 amide bonds. The van der Waals surface area contributed by atoms with Gasteiger partial charge in [0.05, 0.1) is 30.7 Å². The van der Waals surface area contributed by atoms with Crippen molar-refractivity contribution in [2.45, 2.75) is 45.1 Å². The van der Waals surface area contributed by atoms with Gasteiger partial charge in [0.25, 0.3) is 5.56 Å². The minimum Gasteiger partial charge on any atom is -0.489 e. The van der Waals surface area contributed by atoms with Gasteiger partial charge in [0, 0.05) is 38.2 Å². The van der Waals surface area contributed by atoms with E-state index in [9.17, 15) is 23.2 Å². The predicted molar refractivity (Wildman–Crippen MR) is 181 cm³/mol. The van der Waals surface area contributed by atoms with Gasteiger partial charge in [-0.3, -0.25) is 23.6 Å². The summed E-state index contributed by atoms with van der Waals surface area (Å²) < 4.78 is 52.6. The Kier molecular flexibility index (Phi) is 11.4. The first-order valence-corrected chi connectivity index (χ1v) is 17.1. The molecule has 3 heterocycles. The summed E-state index contributed by atoms with van der Waals surface area (Å²) in [5, 5.41) is 0.915. The molecule has 1 aliphatic heterocycles. The molecule has 0 N–H and O–H groups in total. The number of hydrogen-bond donors (Lipinski definition) is 0. The first-order chi connectivity index (χ1) is 24.1. The van der Waals surface area contributed by atoms with E-state index in [2.05, 4.69) is 4.90 Å². The Balaban J connectivity index is 1.33. The molecule has 4 aromatic rings. The highest BCUT2D eigenvalue weighted by Crippen LogP contribution is 2.38. The van der Waals surface area contributed by atoms with Crippen LogP contribution in [0.5, 0.6) is 11.5 Å². The van der Waals surface area contributed by atoms with Gasteiger partial charge in [-0.05, 0) is 48.6 Å². The number of ether oxygens (including phenoxy) is 4. The third-order valence-electron chi connectivity index (χ3n) is 8.76. The maximum atomic E-state index is 13.8. The lowest BCUT2D eigenvalue weighted by atomic mass is 10.0. The van der Waals surface area contributed by atoms with E-state index in [0.717, 1.165) is 17.4 Å². The lowest BCUT2D eigenvalue weighted by Crippen LogP contribution is -2.45. The van der Waals surface area contributed by atoms with Crippen LogP contribution in [0, 0.1) is 5.92 Å². The maximum Gasteiger partial charge on any atom is 0.387 e. The molecule has 1 atom stereocenters. The van der Waals surface area contributed by atoms with Gasteiger partial charge in [-0.1, -0.05) is 41.4 Å². The highest BCUT2D eigenvalue weighted by molar-refractivity contribution is 6.35. The van der Waals surface area contributed by atoms with E-state index in [4.69, 9.17) is 42.1 Å². The normalized spacial score (nSPS) is 15.7. The molecule has 1 aliphatic carbocycles. The molecule has 50 heavy (non-hydrogen) atoms. The molecule has 2 aliphatic rings. The Morgan fingerprint density at radius 3 is 2.42 bits per heavy atom. The van der Waals surface area contributed by atoms with E-state index < -0.39 is 36.5 Å². The number of aryl methyl sites for hydroxylation is 1. The standard InChI is InChI=1S/C35H37Cl2F2N4O7/c1-40-18-26(36)25(27(37)19-40)17-30(23-8-9-29(50-34(38)39)31(16-23)48-21-22-6-7-22)49-32(44)20-43-28-5-3-2-4-24(28)33(45)42(35(43)46)11-10-41-12-14-47-15-13-41/h2-5,8-9,16,18-19,22,30,34H,6-7,10-15,17,20-21H2,1H3/q+1/t30-/m0/s1. The van der Waals surface area contributed by atoms with Crippen LogP contribution in [0.4, 0.5) is 8.78 Å². The Morgan fingerprint density at radius 2 is 1.72 bits per heavy atom. The number of benzene rings is 2. The number of fused-ring (bicyclic) bond motifs is 1. The number of nitrogens with zero attached hydrogens (tertiary/aromatic N) is 4. The van der Waals surface area contributed by atoms with Gasteiger partial charge < -0.3 is 18.9 Å². The van der Waals surface area contributed by atoms with Crippen molar-refractivity contribution >= 4 is 40.1 Å². The van der Waals surface area contributed by atoms with Crippen molar-refractivity contribution in [3.8, 4) is 11.5 Å². The zero-order valence-electron chi connectivity index (χ0n) is 27.4. The summed E-state index contributed by atoms with van der Waals surface area (Å²) in [5.41, 5.74) is 0.0642.